The summed E-state index contributed by atoms with van der Waals surface area (Å²) in [4.78, 5) is 39.9. The molecule has 0 radical (unpaired) electrons. The molecule has 38 heavy (non-hydrogen) atoms. The number of hydrogen-bond acceptors (Lipinski definition) is 5. The third-order valence-electron chi connectivity index (χ3n) is 8.73. The number of urea groups is 1. The van der Waals surface area contributed by atoms with Gasteiger partial charge in [0.2, 0.25) is 0 Å². The fourth-order valence-electron chi connectivity index (χ4n) is 7.59. The maximum atomic E-state index is 13.5. The third kappa shape index (κ3) is 4.17. The van der Waals surface area contributed by atoms with Crippen molar-refractivity contribution in [3.05, 3.63) is 58.1 Å². The van der Waals surface area contributed by atoms with Crippen LogP contribution < -0.4 is 19.7 Å². The number of ether oxygens (including phenoxy) is 2. The number of benzene rings is 2. The Hall–Kier alpha value is -3.32. The standard InChI is InChI=1S/C30H31ClN2O5/c1-3-38-26-24(31)12-17(13-25(26)37-2)11-23-27(34)32-29(36)33(28(23)35)22-6-4-21(5-7-22)30-14-18-8-19(15-30)10-20(9-18)16-30/h4-7,11-13,18-20H,3,8-10,14-16H2,1-2H3,(H,32,34,36)/b23-11+. The van der Waals surface area contributed by atoms with Gasteiger partial charge in [0.25, 0.3) is 11.8 Å². The molecule has 0 atom stereocenters. The number of methoxy groups -OCH3 is 1. The monoisotopic (exact) mass is 534 g/mol. The highest BCUT2D eigenvalue weighted by atomic mass is 35.5. The van der Waals surface area contributed by atoms with Gasteiger partial charge in [-0.3, -0.25) is 14.9 Å². The maximum absolute atomic E-state index is 13.5. The summed E-state index contributed by atoms with van der Waals surface area (Å²) in [5.74, 6) is 1.78. The summed E-state index contributed by atoms with van der Waals surface area (Å²) in [6.07, 6.45) is 9.22. The van der Waals surface area contributed by atoms with Crippen LogP contribution in [0.5, 0.6) is 11.5 Å². The number of anilines is 1. The predicted octanol–water partition coefficient (Wildman–Crippen LogP) is 5.88. The largest absolute Gasteiger partial charge is 0.493 e. The molecule has 7 nitrogen and oxygen atoms in total. The number of amides is 4. The Morgan fingerprint density at radius 1 is 1.03 bits per heavy atom. The molecule has 4 bridgehead atoms. The zero-order valence-electron chi connectivity index (χ0n) is 21.6. The van der Waals surface area contributed by atoms with E-state index in [4.69, 9.17) is 21.1 Å². The molecular weight excluding hydrogens is 504 g/mol. The van der Waals surface area contributed by atoms with E-state index in [9.17, 15) is 14.4 Å². The van der Waals surface area contributed by atoms with Crippen molar-refractivity contribution in [3.8, 4) is 11.5 Å². The van der Waals surface area contributed by atoms with Crippen molar-refractivity contribution in [1.29, 1.82) is 0 Å². The Morgan fingerprint density at radius 2 is 1.66 bits per heavy atom. The summed E-state index contributed by atoms with van der Waals surface area (Å²) in [5, 5.41) is 2.58. The van der Waals surface area contributed by atoms with Crippen molar-refractivity contribution in [2.45, 2.75) is 50.9 Å². The average molecular weight is 535 g/mol. The molecule has 4 saturated carbocycles. The lowest BCUT2D eigenvalue weighted by atomic mass is 9.48. The second-order valence-corrected chi connectivity index (χ2v) is 11.6. The van der Waals surface area contributed by atoms with Crippen molar-refractivity contribution in [1.82, 2.24) is 5.32 Å². The lowest BCUT2D eigenvalue weighted by Crippen LogP contribution is -2.54. The van der Waals surface area contributed by atoms with Gasteiger partial charge in [0, 0.05) is 0 Å². The van der Waals surface area contributed by atoms with Crippen LogP contribution in [0.4, 0.5) is 10.5 Å². The summed E-state index contributed by atoms with van der Waals surface area (Å²) in [7, 11) is 1.48. The van der Waals surface area contributed by atoms with Crippen LogP contribution in [0.25, 0.3) is 6.08 Å². The topological polar surface area (TPSA) is 84.9 Å². The second kappa shape index (κ2) is 9.45. The summed E-state index contributed by atoms with van der Waals surface area (Å²) < 4.78 is 10.9. The van der Waals surface area contributed by atoms with E-state index < -0.39 is 17.8 Å². The molecule has 0 unspecified atom stereocenters. The smallest absolute Gasteiger partial charge is 0.335 e. The van der Waals surface area contributed by atoms with E-state index in [1.54, 1.807) is 12.1 Å². The molecular formula is C30H31ClN2O5. The van der Waals surface area contributed by atoms with E-state index in [0.717, 1.165) is 22.7 Å². The first kappa shape index (κ1) is 25.0. The first-order valence-electron chi connectivity index (χ1n) is 13.3. The maximum Gasteiger partial charge on any atom is 0.335 e. The zero-order chi connectivity index (χ0) is 26.6. The summed E-state index contributed by atoms with van der Waals surface area (Å²) >= 11 is 6.37. The number of rotatable bonds is 6. The minimum atomic E-state index is -0.762. The van der Waals surface area contributed by atoms with Crippen molar-refractivity contribution in [3.63, 3.8) is 0 Å². The van der Waals surface area contributed by atoms with Gasteiger partial charge in [0.05, 0.1) is 24.4 Å². The first-order chi connectivity index (χ1) is 18.3. The number of nitrogens with one attached hydrogen (secondary N) is 1. The Balaban J connectivity index is 1.29. The molecule has 1 N–H and O–H groups in total. The molecule has 1 heterocycles. The van der Waals surface area contributed by atoms with Gasteiger partial charge < -0.3 is 9.47 Å². The highest BCUT2D eigenvalue weighted by Crippen LogP contribution is 2.60. The molecule has 5 aliphatic rings. The molecule has 2 aromatic carbocycles. The van der Waals surface area contributed by atoms with Crippen LogP contribution in [0.3, 0.4) is 0 Å². The molecule has 0 spiro atoms. The Kier molecular flexibility index (Phi) is 6.22. The minimum Gasteiger partial charge on any atom is -0.493 e. The number of carbonyl (C=O) groups is 3. The Morgan fingerprint density at radius 3 is 2.24 bits per heavy atom. The van der Waals surface area contributed by atoms with Crippen LogP contribution >= 0.6 is 11.6 Å². The van der Waals surface area contributed by atoms with E-state index in [1.807, 2.05) is 19.1 Å². The van der Waals surface area contributed by atoms with Crippen LogP contribution in [0.2, 0.25) is 5.02 Å². The van der Waals surface area contributed by atoms with Crippen molar-refractivity contribution >= 4 is 41.2 Å². The number of hydrogen-bond donors (Lipinski definition) is 1. The Bertz CT molecular complexity index is 1310. The van der Waals surface area contributed by atoms with Gasteiger partial charge in [-0.05, 0) is 110 Å². The zero-order valence-corrected chi connectivity index (χ0v) is 22.3. The molecule has 1 aliphatic heterocycles. The molecule has 7 rings (SSSR count). The van der Waals surface area contributed by atoms with Gasteiger partial charge in [0.1, 0.15) is 5.57 Å². The van der Waals surface area contributed by atoms with Gasteiger partial charge in [-0.2, -0.15) is 0 Å². The number of carbonyl (C=O) groups excluding carboxylic acids is 3. The van der Waals surface area contributed by atoms with Gasteiger partial charge >= 0.3 is 6.03 Å². The summed E-state index contributed by atoms with van der Waals surface area (Å²) in [6.45, 7) is 2.23. The van der Waals surface area contributed by atoms with E-state index in [1.165, 1.54) is 57.3 Å². The van der Waals surface area contributed by atoms with Gasteiger partial charge in [-0.15, -0.1) is 0 Å². The fraction of sp³-hybridized carbons (Fsp3) is 0.433. The molecule has 4 aliphatic carbocycles. The van der Waals surface area contributed by atoms with Crippen LogP contribution in [0, 0.1) is 17.8 Å². The van der Waals surface area contributed by atoms with Gasteiger partial charge in [0.15, 0.2) is 11.5 Å². The van der Waals surface area contributed by atoms with Crippen molar-refractivity contribution < 1.29 is 23.9 Å². The molecule has 198 valence electrons. The number of nitrogens with zero attached hydrogens (tertiary/aromatic N) is 1. The van der Waals surface area contributed by atoms with E-state index in [-0.39, 0.29) is 16.0 Å². The normalized spacial score (nSPS) is 29.1. The van der Waals surface area contributed by atoms with E-state index >= 15 is 0 Å². The van der Waals surface area contributed by atoms with Crippen LogP contribution in [0.15, 0.2) is 42.0 Å². The number of imide groups is 2. The second-order valence-electron chi connectivity index (χ2n) is 11.2. The van der Waals surface area contributed by atoms with E-state index in [2.05, 4.69) is 17.4 Å². The minimum absolute atomic E-state index is 0.169. The highest BCUT2D eigenvalue weighted by Gasteiger charge is 2.51. The molecule has 0 aromatic heterocycles. The van der Waals surface area contributed by atoms with Crippen molar-refractivity contribution in [2.24, 2.45) is 17.8 Å². The quantitative estimate of drug-likeness (QED) is 0.369. The molecule has 2 aromatic rings. The Labute approximate surface area is 227 Å². The first-order valence-corrected chi connectivity index (χ1v) is 13.7. The van der Waals surface area contributed by atoms with Gasteiger partial charge in [-0.1, -0.05) is 23.7 Å². The third-order valence-corrected chi connectivity index (χ3v) is 9.01. The van der Waals surface area contributed by atoms with Crippen molar-refractivity contribution in [2.75, 3.05) is 18.6 Å². The summed E-state index contributed by atoms with van der Waals surface area (Å²) in [6, 6.07) is 10.3. The fourth-order valence-corrected chi connectivity index (χ4v) is 7.87. The molecule has 8 heteroatoms. The van der Waals surface area contributed by atoms with Crippen LogP contribution in [-0.2, 0) is 15.0 Å². The number of halogens is 1. The predicted molar refractivity (Wildman–Crippen MR) is 144 cm³/mol. The molecule has 5 fully saturated rings. The van der Waals surface area contributed by atoms with E-state index in [0.29, 0.717) is 29.4 Å². The molecule has 4 amide bonds. The summed E-state index contributed by atoms with van der Waals surface area (Å²) in [5.41, 5.74) is 2.25. The number of barbiturate groups is 1. The lowest BCUT2D eigenvalue weighted by Gasteiger charge is -2.57. The lowest BCUT2D eigenvalue weighted by molar-refractivity contribution is -0.122. The SMILES string of the molecule is CCOc1c(Cl)cc(/C=C2\C(=O)NC(=O)N(c3ccc(C45CC6CC(CC(C6)C4)C5)cc3)C2=O)cc1OC. The average Bonchev–Trinajstić information content (AvgIpc) is 2.87. The highest BCUT2D eigenvalue weighted by molar-refractivity contribution is 6.39. The molecule has 1 saturated heterocycles. The van der Waals surface area contributed by atoms with Crippen LogP contribution in [-0.4, -0.2) is 31.6 Å². The van der Waals surface area contributed by atoms with Gasteiger partial charge in [-0.25, -0.2) is 9.69 Å². The van der Waals surface area contributed by atoms with Crippen LogP contribution in [0.1, 0.15) is 56.6 Å².